The number of hydrogen-bond donors (Lipinski definition) is 2. The van der Waals surface area contributed by atoms with Crippen LogP contribution in [0.3, 0.4) is 0 Å². The predicted octanol–water partition coefficient (Wildman–Crippen LogP) is 2.23. The number of halogens is 2. The zero-order valence-corrected chi connectivity index (χ0v) is 12.9. The standard InChI is InChI=1S/C14H23F2N3O2/c1-9(2)5-19-6-10(12(15)16)11(18-19)13(21)17-7-14(3,4)8-20/h6,9,12,20H,5,7-8H2,1-4H3,(H,17,21). The van der Waals surface area contributed by atoms with Crippen LogP contribution in [0.1, 0.15) is 50.2 Å². The van der Waals surface area contributed by atoms with E-state index in [-0.39, 0.29) is 30.3 Å². The van der Waals surface area contributed by atoms with Gasteiger partial charge in [0.1, 0.15) is 0 Å². The molecule has 1 aromatic rings. The largest absolute Gasteiger partial charge is 0.396 e. The Kier molecular flexibility index (Phi) is 5.83. The van der Waals surface area contributed by atoms with Crippen LogP contribution in [0, 0.1) is 11.3 Å². The van der Waals surface area contributed by atoms with Gasteiger partial charge in [0.05, 0.1) is 5.56 Å². The normalized spacial score (nSPS) is 12.2. The maximum atomic E-state index is 13.0. The molecule has 0 saturated carbocycles. The van der Waals surface area contributed by atoms with Crippen molar-refractivity contribution in [3.05, 3.63) is 17.5 Å². The van der Waals surface area contributed by atoms with Crippen molar-refractivity contribution in [1.29, 1.82) is 0 Å². The minimum absolute atomic E-state index is 0.114. The van der Waals surface area contributed by atoms with Crippen molar-refractivity contribution in [3.8, 4) is 0 Å². The second kappa shape index (κ2) is 6.98. The van der Waals surface area contributed by atoms with Gasteiger partial charge in [0.15, 0.2) is 5.69 Å². The second-order valence-corrected chi connectivity index (χ2v) is 6.35. The molecule has 1 aromatic heterocycles. The average Bonchev–Trinajstić information content (AvgIpc) is 2.79. The van der Waals surface area contributed by atoms with Gasteiger partial charge in [-0.2, -0.15) is 5.10 Å². The van der Waals surface area contributed by atoms with Crippen molar-refractivity contribution in [2.45, 2.75) is 40.7 Å². The smallest absolute Gasteiger partial charge is 0.272 e. The Morgan fingerprint density at radius 2 is 2.10 bits per heavy atom. The highest BCUT2D eigenvalue weighted by Gasteiger charge is 2.25. The highest BCUT2D eigenvalue weighted by Crippen LogP contribution is 2.23. The van der Waals surface area contributed by atoms with Crippen molar-refractivity contribution in [2.75, 3.05) is 13.2 Å². The Bertz CT molecular complexity index is 485. The highest BCUT2D eigenvalue weighted by atomic mass is 19.3. The zero-order valence-electron chi connectivity index (χ0n) is 12.9. The van der Waals surface area contributed by atoms with Gasteiger partial charge >= 0.3 is 0 Å². The van der Waals surface area contributed by atoms with E-state index in [4.69, 9.17) is 5.11 Å². The number of aliphatic hydroxyl groups is 1. The number of aliphatic hydroxyl groups excluding tert-OH is 1. The molecule has 2 N–H and O–H groups in total. The molecule has 1 rings (SSSR count). The Morgan fingerprint density at radius 3 is 2.57 bits per heavy atom. The van der Waals surface area contributed by atoms with E-state index in [2.05, 4.69) is 10.4 Å². The first kappa shape index (κ1) is 17.6. The van der Waals surface area contributed by atoms with Crippen LogP contribution >= 0.6 is 0 Å². The van der Waals surface area contributed by atoms with Crippen LogP contribution in [0.4, 0.5) is 8.78 Å². The molecule has 0 saturated heterocycles. The van der Waals surface area contributed by atoms with Crippen molar-refractivity contribution < 1.29 is 18.7 Å². The Balaban J connectivity index is 2.89. The molecule has 0 spiro atoms. The third kappa shape index (κ3) is 5.08. The number of carbonyl (C=O) groups excluding carboxylic acids is 1. The summed E-state index contributed by atoms with van der Waals surface area (Å²) in [7, 11) is 0. The molecule has 0 aliphatic carbocycles. The molecule has 0 atom stereocenters. The maximum Gasteiger partial charge on any atom is 0.272 e. The second-order valence-electron chi connectivity index (χ2n) is 6.35. The first-order valence-electron chi connectivity index (χ1n) is 6.91. The van der Waals surface area contributed by atoms with E-state index < -0.39 is 17.7 Å². The summed E-state index contributed by atoms with van der Waals surface area (Å²) in [4.78, 5) is 12.0. The van der Waals surface area contributed by atoms with Crippen LogP contribution in [0.2, 0.25) is 0 Å². The van der Waals surface area contributed by atoms with Crippen LogP contribution in [0.25, 0.3) is 0 Å². The fraction of sp³-hybridized carbons (Fsp3) is 0.714. The van der Waals surface area contributed by atoms with Gasteiger partial charge in [-0.1, -0.05) is 27.7 Å². The Morgan fingerprint density at radius 1 is 1.48 bits per heavy atom. The van der Waals surface area contributed by atoms with Crippen LogP contribution in [-0.2, 0) is 6.54 Å². The summed E-state index contributed by atoms with van der Waals surface area (Å²) >= 11 is 0. The van der Waals surface area contributed by atoms with Gasteiger partial charge in [0, 0.05) is 31.3 Å². The number of hydrogen-bond acceptors (Lipinski definition) is 3. The van der Waals surface area contributed by atoms with E-state index in [1.165, 1.54) is 10.9 Å². The molecule has 0 bridgehead atoms. The van der Waals surface area contributed by atoms with Gasteiger partial charge in [-0.25, -0.2) is 8.78 Å². The minimum atomic E-state index is -2.75. The Hall–Kier alpha value is -1.50. The summed E-state index contributed by atoms with van der Waals surface area (Å²) < 4.78 is 27.4. The van der Waals surface area contributed by atoms with E-state index in [1.54, 1.807) is 13.8 Å². The lowest BCUT2D eigenvalue weighted by Crippen LogP contribution is -2.36. The SMILES string of the molecule is CC(C)Cn1cc(C(F)F)c(C(=O)NCC(C)(C)CO)n1. The fourth-order valence-electron chi connectivity index (χ4n) is 1.70. The molecule has 0 radical (unpaired) electrons. The quantitative estimate of drug-likeness (QED) is 0.811. The lowest BCUT2D eigenvalue weighted by Gasteiger charge is -2.21. The minimum Gasteiger partial charge on any atom is -0.396 e. The molecule has 0 aliphatic rings. The summed E-state index contributed by atoms with van der Waals surface area (Å²) in [6, 6.07) is 0. The van der Waals surface area contributed by atoms with Gasteiger partial charge in [-0.15, -0.1) is 0 Å². The molecule has 0 aliphatic heterocycles. The predicted molar refractivity (Wildman–Crippen MR) is 75.2 cm³/mol. The number of aromatic nitrogens is 2. The van der Waals surface area contributed by atoms with Gasteiger partial charge in [-0.05, 0) is 5.92 Å². The summed E-state index contributed by atoms with van der Waals surface area (Å²) in [6.45, 7) is 7.94. The van der Waals surface area contributed by atoms with Gasteiger partial charge in [0.2, 0.25) is 0 Å². The number of nitrogens with zero attached hydrogens (tertiary/aromatic N) is 2. The molecular formula is C14H23F2N3O2. The van der Waals surface area contributed by atoms with Crippen molar-refractivity contribution in [2.24, 2.45) is 11.3 Å². The third-order valence-electron chi connectivity index (χ3n) is 2.95. The molecule has 120 valence electrons. The molecule has 7 heteroatoms. The lowest BCUT2D eigenvalue weighted by atomic mass is 9.95. The first-order valence-corrected chi connectivity index (χ1v) is 6.91. The summed E-state index contributed by atoms with van der Waals surface area (Å²) in [5.41, 5.74) is -1.13. The summed E-state index contributed by atoms with van der Waals surface area (Å²) in [6.07, 6.45) is -1.53. The van der Waals surface area contributed by atoms with Gasteiger partial charge in [0.25, 0.3) is 12.3 Å². The van der Waals surface area contributed by atoms with E-state index in [1.807, 2.05) is 13.8 Å². The molecule has 21 heavy (non-hydrogen) atoms. The van der Waals surface area contributed by atoms with Crippen molar-refractivity contribution in [3.63, 3.8) is 0 Å². The Labute approximate surface area is 123 Å². The van der Waals surface area contributed by atoms with Crippen LogP contribution in [0.15, 0.2) is 6.20 Å². The van der Waals surface area contributed by atoms with Gasteiger partial charge < -0.3 is 10.4 Å². The number of nitrogens with one attached hydrogen (secondary N) is 1. The number of amides is 1. The van der Waals surface area contributed by atoms with Crippen LogP contribution < -0.4 is 5.32 Å². The van der Waals surface area contributed by atoms with Crippen molar-refractivity contribution in [1.82, 2.24) is 15.1 Å². The summed E-state index contributed by atoms with van der Waals surface area (Å²) in [5.74, 6) is -0.408. The molecular weight excluding hydrogens is 280 g/mol. The number of alkyl halides is 2. The third-order valence-corrected chi connectivity index (χ3v) is 2.95. The number of rotatable bonds is 7. The first-order chi connectivity index (χ1) is 9.66. The maximum absolute atomic E-state index is 13.0. The molecule has 1 heterocycles. The monoisotopic (exact) mass is 303 g/mol. The number of carbonyl (C=O) groups is 1. The highest BCUT2D eigenvalue weighted by molar-refractivity contribution is 5.93. The summed E-state index contributed by atoms with van der Waals surface area (Å²) in [5, 5.41) is 15.6. The molecule has 0 fully saturated rings. The molecule has 1 amide bonds. The lowest BCUT2D eigenvalue weighted by molar-refractivity contribution is 0.0893. The molecule has 5 nitrogen and oxygen atoms in total. The van der Waals surface area contributed by atoms with Gasteiger partial charge in [-0.3, -0.25) is 9.48 Å². The molecule has 0 unspecified atom stereocenters. The van der Waals surface area contributed by atoms with Crippen molar-refractivity contribution >= 4 is 5.91 Å². The van der Waals surface area contributed by atoms with E-state index in [9.17, 15) is 13.6 Å². The van der Waals surface area contributed by atoms with Crippen LogP contribution in [-0.4, -0.2) is 33.9 Å². The fourth-order valence-corrected chi connectivity index (χ4v) is 1.70. The van der Waals surface area contributed by atoms with E-state index in [0.29, 0.717) is 6.54 Å². The average molecular weight is 303 g/mol. The van der Waals surface area contributed by atoms with E-state index in [0.717, 1.165) is 0 Å². The van der Waals surface area contributed by atoms with Crippen LogP contribution in [0.5, 0.6) is 0 Å². The molecule has 0 aromatic carbocycles. The van der Waals surface area contributed by atoms with E-state index >= 15 is 0 Å². The zero-order chi connectivity index (χ0) is 16.2. The topological polar surface area (TPSA) is 67.2 Å².